The molecule has 0 aliphatic carbocycles. The summed E-state index contributed by atoms with van der Waals surface area (Å²) in [6.45, 7) is 10.7. The van der Waals surface area contributed by atoms with Crippen molar-refractivity contribution in [3.8, 4) is 0 Å². The van der Waals surface area contributed by atoms with E-state index in [4.69, 9.17) is 32.1 Å². The molecule has 0 saturated heterocycles. The van der Waals surface area contributed by atoms with Gasteiger partial charge in [0.2, 0.25) is 5.91 Å². The molecule has 11 heteroatoms. The van der Waals surface area contributed by atoms with E-state index in [0.717, 1.165) is 21.6 Å². The predicted octanol–water partition coefficient (Wildman–Crippen LogP) is 4.96. The van der Waals surface area contributed by atoms with Gasteiger partial charge < -0.3 is 4.74 Å². The number of amidine groups is 2. The molecule has 4 N–H and O–H groups in total. The third kappa shape index (κ3) is 6.07. The van der Waals surface area contributed by atoms with Crippen molar-refractivity contribution >= 4 is 57.3 Å². The third-order valence-electron chi connectivity index (χ3n) is 5.18. The second-order valence-corrected chi connectivity index (χ2v) is 10.8. The number of fused-ring (bicyclic) bond motifs is 1. The molecule has 0 fully saturated rings. The van der Waals surface area contributed by atoms with Gasteiger partial charge in [0.05, 0.1) is 12.1 Å². The van der Waals surface area contributed by atoms with Crippen molar-refractivity contribution in [3.05, 3.63) is 50.9 Å². The first-order valence-corrected chi connectivity index (χ1v) is 12.1. The molecule has 0 bridgehead atoms. The maximum atomic E-state index is 12.7. The molecule has 0 unspecified atom stereocenters. The van der Waals surface area contributed by atoms with E-state index in [1.165, 1.54) is 16.2 Å². The van der Waals surface area contributed by atoms with Crippen LogP contribution < -0.4 is 15.8 Å². The summed E-state index contributed by atoms with van der Waals surface area (Å²) in [5.41, 5.74) is 7.04. The Morgan fingerprint density at radius 1 is 1.20 bits per heavy atom. The van der Waals surface area contributed by atoms with E-state index in [-0.39, 0.29) is 18.1 Å². The van der Waals surface area contributed by atoms with Crippen molar-refractivity contribution < 1.29 is 14.3 Å². The highest BCUT2D eigenvalue weighted by molar-refractivity contribution is 7.17. The first-order chi connectivity index (χ1) is 16.3. The molecule has 35 heavy (non-hydrogen) atoms. The monoisotopic (exact) mass is 516 g/mol. The summed E-state index contributed by atoms with van der Waals surface area (Å²) in [5, 5.41) is 18.5. The van der Waals surface area contributed by atoms with Crippen LogP contribution in [0.1, 0.15) is 55.7 Å². The number of nitrogens with one attached hydrogen (secondary N) is 4. The van der Waals surface area contributed by atoms with Gasteiger partial charge >= 0.3 is 6.09 Å². The molecule has 1 aromatic heterocycles. The second-order valence-electron chi connectivity index (χ2n) is 9.15. The van der Waals surface area contributed by atoms with Crippen molar-refractivity contribution in [2.24, 2.45) is 4.99 Å². The van der Waals surface area contributed by atoms with Gasteiger partial charge in [-0.3, -0.25) is 30.9 Å². The predicted molar refractivity (Wildman–Crippen MR) is 140 cm³/mol. The van der Waals surface area contributed by atoms with Gasteiger partial charge in [0.25, 0.3) is 0 Å². The van der Waals surface area contributed by atoms with Crippen molar-refractivity contribution in [1.29, 1.82) is 10.8 Å². The van der Waals surface area contributed by atoms with E-state index < -0.39 is 23.6 Å². The number of nitrogens with zero attached hydrogens (tertiary/aromatic N) is 2. The zero-order valence-corrected chi connectivity index (χ0v) is 22.1. The first kappa shape index (κ1) is 26.4. The number of rotatable bonds is 3. The van der Waals surface area contributed by atoms with Gasteiger partial charge in [0.1, 0.15) is 28.3 Å². The van der Waals surface area contributed by atoms with Crippen LogP contribution in [-0.4, -0.2) is 41.0 Å². The summed E-state index contributed by atoms with van der Waals surface area (Å²) >= 11 is 7.57. The Morgan fingerprint density at radius 3 is 2.40 bits per heavy atom. The molecule has 1 aliphatic rings. The summed E-state index contributed by atoms with van der Waals surface area (Å²) in [4.78, 5) is 32.0. The molecule has 1 atom stereocenters. The highest BCUT2D eigenvalue weighted by Crippen LogP contribution is 2.40. The molecule has 186 valence electrons. The molecular weight excluding hydrogens is 488 g/mol. The molecule has 2 amide bonds. The fraction of sp³-hybridized carbons (Fsp3) is 0.375. The van der Waals surface area contributed by atoms with Gasteiger partial charge in [0, 0.05) is 21.0 Å². The van der Waals surface area contributed by atoms with Gasteiger partial charge in [-0.2, -0.15) is 0 Å². The van der Waals surface area contributed by atoms with E-state index in [0.29, 0.717) is 15.7 Å². The normalized spacial score (nSPS) is 15.6. The lowest BCUT2D eigenvalue weighted by Crippen LogP contribution is -2.47. The Hall–Kier alpha value is -3.24. The second kappa shape index (κ2) is 10.2. The largest absolute Gasteiger partial charge is 0.443 e. The number of thiophene rings is 1. The van der Waals surface area contributed by atoms with E-state index in [2.05, 4.69) is 10.9 Å². The summed E-state index contributed by atoms with van der Waals surface area (Å²) in [7, 11) is 0. The standard InChI is InChI=1S/C24H29ClN6O3S/c1-12-13(2)35-22-19(12)20(15-7-9-16(25)10-8-15)28-17(21(27)31(22)14(3)26)11-18(32)29-30-23(33)34-24(4,5)6/h7-10,17,26-27H,11H2,1-6H3,(H,29,32)(H,30,33)/t17-/m0/s1. The quantitative estimate of drug-likeness (QED) is 0.261. The molecule has 2 aromatic rings. The minimum Gasteiger partial charge on any atom is -0.443 e. The Kier molecular flexibility index (Phi) is 7.66. The molecule has 1 aromatic carbocycles. The van der Waals surface area contributed by atoms with Crippen LogP contribution in [-0.2, 0) is 9.53 Å². The van der Waals surface area contributed by atoms with Crippen molar-refractivity contribution in [3.63, 3.8) is 0 Å². The Morgan fingerprint density at radius 2 is 1.83 bits per heavy atom. The molecule has 1 aliphatic heterocycles. The van der Waals surface area contributed by atoms with Gasteiger partial charge in [-0.1, -0.05) is 23.7 Å². The van der Waals surface area contributed by atoms with Crippen LogP contribution in [0.5, 0.6) is 0 Å². The number of aryl methyl sites for hydroxylation is 1. The number of hydrazine groups is 1. The number of carbonyl (C=O) groups is 2. The minimum absolute atomic E-state index is 0.00335. The fourth-order valence-electron chi connectivity index (χ4n) is 3.54. The number of carbonyl (C=O) groups excluding carboxylic acids is 2. The van der Waals surface area contributed by atoms with E-state index in [1.54, 1.807) is 39.8 Å². The van der Waals surface area contributed by atoms with Gasteiger partial charge in [-0.15, -0.1) is 11.3 Å². The lowest BCUT2D eigenvalue weighted by atomic mass is 9.99. The fourth-order valence-corrected chi connectivity index (χ4v) is 4.89. The van der Waals surface area contributed by atoms with E-state index in [9.17, 15) is 9.59 Å². The van der Waals surface area contributed by atoms with Crippen LogP contribution in [0.3, 0.4) is 0 Å². The molecule has 9 nitrogen and oxygen atoms in total. The van der Waals surface area contributed by atoms with Crippen LogP contribution in [0, 0.1) is 24.7 Å². The molecular formula is C24H29ClN6O3S. The van der Waals surface area contributed by atoms with Gasteiger partial charge in [-0.05, 0) is 59.2 Å². The van der Waals surface area contributed by atoms with Gasteiger partial charge in [0.15, 0.2) is 0 Å². The van der Waals surface area contributed by atoms with Crippen LogP contribution in [0.25, 0.3) is 0 Å². The lowest BCUT2D eigenvalue weighted by molar-refractivity contribution is -0.122. The number of halogens is 1. The van der Waals surface area contributed by atoms with Crippen molar-refractivity contribution in [1.82, 2.24) is 10.9 Å². The van der Waals surface area contributed by atoms with Crippen LogP contribution in [0.15, 0.2) is 29.3 Å². The SMILES string of the molecule is CC(=N)N1C(=N)[C@H](CC(=O)NNC(=O)OC(C)(C)C)N=C(c2ccc(Cl)cc2)c2c1sc(C)c2C. The maximum Gasteiger partial charge on any atom is 0.426 e. The molecule has 0 radical (unpaired) electrons. The molecule has 0 saturated carbocycles. The smallest absolute Gasteiger partial charge is 0.426 e. The van der Waals surface area contributed by atoms with Crippen molar-refractivity contribution in [2.75, 3.05) is 4.90 Å². The number of hydrogen-bond donors (Lipinski definition) is 4. The third-order valence-corrected chi connectivity index (χ3v) is 6.63. The summed E-state index contributed by atoms with van der Waals surface area (Å²) in [6, 6.07) is 6.30. The van der Waals surface area contributed by atoms with Crippen LogP contribution in [0.4, 0.5) is 9.80 Å². The zero-order valence-electron chi connectivity index (χ0n) is 20.5. The number of aliphatic imine (C=N–C) groups is 1. The minimum atomic E-state index is -0.902. The topological polar surface area (TPSA) is 131 Å². The summed E-state index contributed by atoms with van der Waals surface area (Å²) < 4.78 is 5.13. The average Bonchev–Trinajstić information content (AvgIpc) is 2.96. The number of benzene rings is 1. The van der Waals surface area contributed by atoms with Crippen LogP contribution >= 0.6 is 22.9 Å². The Labute approximate surface area is 213 Å². The number of hydrogen-bond acceptors (Lipinski definition) is 7. The van der Waals surface area contributed by atoms with Crippen LogP contribution in [0.2, 0.25) is 5.02 Å². The number of amides is 2. The molecule has 2 heterocycles. The van der Waals surface area contributed by atoms with E-state index >= 15 is 0 Å². The van der Waals surface area contributed by atoms with E-state index in [1.807, 2.05) is 26.0 Å². The Balaban J connectivity index is 1.99. The number of anilines is 1. The highest BCUT2D eigenvalue weighted by atomic mass is 35.5. The summed E-state index contributed by atoms with van der Waals surface area (Å²) in [5.74, 6) is -0.413. The Bertz CT molecular complexity index is 1210. The van der Waals surface area contributed by atoms with Gasteiger partial charge in [-0.25, -0.2) is 10.2 Å². The maximum absolute atomic E-state index is 12.7. The number of ether oxygens (including phenoxy) is 1. The lowest BCUT2D eigenvalue weighted by Gasteiger charge is -2.25. The first-order valence-electron chi connectivity index (χ1n) is 10.9. The zero-order chi connectivity index (χ0) is 26.1. The van der Waals surface area contributed by atoms with Crippen molar-refractivity contribution in [2.45, 2.75) is 59.6 Å². The molecule has 0 spiro atoms. The summed E-state index contributed by atoms with van der Waals surface area (Å²) in [6.07, 6.45) is -1.01. The average molecular weight is 517 g/mol. The highest BCUT2D eigenvalue weighted by Gasteiger charge is 2.34. The molecule has 3 rings (SSSR count).